The van der Waals surface area contributed by atoms with Crippen molar-refractivity contribution in [2.75, 3.05) is 7.05 Å². The van der Waals surface area contributed by atoms with Crippen LogP contribution in [0.4, 0.5) is 0 Å². The van der Waals surface area contributed by atoms with E-state index in [1.807, 2.05) is 7.05 Å². The molecule has 0 aliphatic rings. The first-order chi connectivity index (χ1) is 6.86. The molecule has 1 aromatic heterocycles. The van der Waals surface area contributed by atoms with Crippen LogP contribution >= 0.6 is 0 Å². The molecule has 0 bridgehead atoms. The van der Waals surface area contributed by atoms with E-state index in [9.17, 15) is 0 Å². The van der Waals surface area contributed by atoms with Crippen LogP contribution in [-0.4, -0.2) is 12.0 Å². The summed E-state index contributed by atoms with van der Waals surface area (Å²) in [5.74, 6) is 2.15. The second-order valence-corrected chi connectivity index (χ2v) is 5.26. The third kappa shape index (κ3) is 2.81. The Bertz CT molecular complexity index is 321. The highest BCUT2D eigenvalue weighted by atomic mass is 16.4. The normalized spacial score (nSPS) is 12.5. The monoisotopic (exact) mass is 210 g/mol. The van der Waals surface area contributed by atoms with Crippen LogP contribution in [0.15, 0.2) is 4.42 Å². The van der Waals surface area contributed by atoms with Gasteiger partial charge in [0.1, 0.15) is 5.76 Å². The highest BCUT2D eigenvalue weighted by Crippen LogP contribution is 2.28. The molecule has 0 unspecified atom stereocenters. The molecule has 0 atom stereocenters. The van der Waals surface area contributed by atoms with E-state index >= 15 is 0 Å². The molecule has 0 saturated heterocycles. The molecule has 0 aromatic carbocycles. The summed E-state index contributed by atoms with van der Waals surface area (Å²) < 4.78 is 5.77. The summed E-state index contributed by atoms with van der Waals surface area (Å²) in [6.45, 7) is 11.4. The Morgan fingerprint density at radius 3 is 2.33 bits per heavy atom. The van der Waals surface area contributed by atoms with Gasteiger partial charge in [-0.2, -0.15) is 0 Å². The summed E-state index contributed by atoms with van der Waals surface area (Å²) in [5, 5.41) is 3.11. The molecule has 86 valence electrons. The number of hydrogen-bond donors (Lipinski definition) is 1. The lowest BCUT2D eigenvalue weighted by Gasteiger charge is -2.16. The van der Waals surface area contributed by atoms with E-state index in [1.54, 1.807) is 0 Å². The number of nitrogens with one attached hydrogen (secondary N) is 1. The lowest BCUT2D eigenvalue weighted by atomic mass is 9.91. The lowest BCUT2D eigenvalue weighted by Crippen LogP contribution is -2.17. The highest BCUT2D eigenvalue weighted by Gasteiger charge is 2.24. The molecular formula is C12H22N2O. The molecule has 0 aliphatic heterocycles. The van der Waals surface area contributed by atoms with Crippen molar-refractivity contribution < 1.29 is 4.42 Å². The first-order valence-electron chi connectivity index (χ1n) is 5.51. The number of nitrogens with zero attached hydrogens (tertiary/aromatic N) is 1. The summed E-state index contributed by atoms with van der Waals surface area (Å²) in [6.07, 6.45) is 0. The molecule has 15 heavy (non-hydrogen) atoms. The summed E-state index contributed by atoms with van der Waals surface area (Å²) in [4.78, 5) is 4.59. The van der Waals surface area contributed by atoms with E-state index in [-0.39, 0.29) is 5.41 Å². The Balaban J connectivity index is 3.12. The second-order valence-electron chi connectivity index (χ2n) is 5.26. The van der Waals surface area contributed by atoms with Gasteiger partial charge in [0.05, 0.1) is 12.2 Å². The van der Waals surface area contributed by atoms with Crippen LogP contribution in [0.2, 0.25) is 0 Å². The van der Waals surface area contributed by atoms with Crippen molar-refractivity contribution in [2.45, 2.75) is 52.5 Å². The predicted molar refractivity (Wildman–Crippen MR) is 62.1 cm³/mol. The van der Waals surface area contributed by atoms with Gasteiger partial charge in [-0.15, -0.1) is 0 Å². The van der Waals surface area contributed by atoms with Crippen molar-refractivity contribution in [3.05, 3.63) is 17.3 Å². The van der Waals surface area contributed by atoms with E-state index in [2.05, 4.69) is 44.9 Å². The standard InChI is InChI=1S/C12H22N2O/c1-8(2)11-14-10(12(3,4)5)9(15-11)7-13-6/h8,13H,7H2,1-6H3. The molecule has 0 radical (unpaired) electrons. The van der Waals surface area contributed by atoms with Gasteiger partial charge in [-0.1, -0.05) is 34.6 Å². The van der Waals surface area contributed by atoms with Gasteiger partial charge in [0.2, 0.25) is 0 Å². The van der Waals surface area contributed by atoms with Crippen molar-refractivity contribution in [3.8, 4) is 0 Å². The zero-order valence-corrected chi connectivity index (χ0v) is 10.6. The van der Waals surface area contributed by atoms with Gasteiger partial charge in [0.15, 0.2) is 5.89 Å². The fraction of sp³-hybridized carbons (Fsp3) is 0.750. The van der Waals surface area contributed by atoms with Crippen LogP contribution in [0, 0.1) is 0 Å². The minimum absolute atomic E-state index is 0.0445. The minimum Gasteiger partial charge on any atom is -0.444 e. The van der Waals surface area contributed by atoms with Crippen LogP contribution < -0.4 is 5.32 Å². The molecule has 1 rings (SSSR count). The highest BCUT2D eigenvalue weighted by molar-refractivity contribution is 5.19. The number of aromatic nitrogens is 1. The molecule has 0 aliphatic carbocycles. The first kappa shape index (κ1) is 12.2. The fourth-order valence-corrected chi connectivity index (χ4v) is 1.48. The maximum Gasteiger partial charge on any atom is 0.197 e. The summed E-state index contributed by atoms with van der Waals surface area (Å²) in [6, 6.07) is 0. The maximum absolute atomic E-state index is 5.77. The third-order valence-electron chi connectivity index (χ3n) is 2.26. The average Bonchev–Trinajstić information content (AvgIpc) is 2.48. The van der Waals surface area contributed by atoms with Crippen LogP contribution in [-0.2, 0) is 12.0 Å². The van der Waals surface area contributed by atoms with Crippen LogP contribution in [0.5, 0.6) is 0 Å². The summed E-state index contributed by atoms with van der Waals surface area (Å²) in [5.41, 5.74) is 1.11. The van der Waals surface area contributed by atoms with E-state index in [4.69, 9.17) is 4.42 Å². The van der Waals surface area contributed by atoms with E-state index in [0.29, 0.717) is 5.92 Å². The van der Waals surface area contributed by atoms with Gasteiger partial charge in [0, 0.05) is 11.3 Å². The molecule has 3 heteroatoms. The molecule has 0 amide bonds. The summed E-state index contributed by atoms with van der Waals surface area (Å²) in [7, 11) is 1.92. The molecular weight excluding hydrogens is 188 g/mol. The largest absolute Gasteiger partial charge is 0.444 e. The van der Waals surface area contributed by atoms with E-state index in [1.165, 1.54) is 0 Å². The average molecular weight is 210 g/mol. The van der Waals surface area contributed by atoms with Crippen molar-refractivity contribution in [1.29, 1.82) is 0 Å². The fourth-order valence-electron chi connectivity index (χ4n) is 1.48. The molecule has 0 spiro atoms. The SMILES string of the molecule is CNCc1oc(C(C)C)nc1C(C)(C)C. The molecule has 0 saturated carbocycles. The maximum atomic E-state index is 5.77. The van der Waals surface area contributed by atoms with Crippen LogP contribution in [0.1, 0.15) is 57.9 Å². The Kier molecular flexibility index (Phi) is 3.55. The van der Waals surface area contributed by atoms with Gasteiger partial charge >= 0.3 is 0 Å². The van der Waals surface area contributed by atoms with Gasteiger partial charge in [0.25, 0.3) is 0 Å². The Labute approximate surface area is 92.3 Å². The van der Waals surface area contributed by atoms with E-state index < -0.39 is 0 Å². The predicted octanol–water partition coefficient (Wildman–Crippen LogP) is 2.81. The third-order valence-corrected chi connectivity index (χ3v) is 2.26. The number of oxazole rings is 1. The second kappa shape index (κ2) is 4.35. The number of hydrogen-bond acceptors (Lipinski definition) is 3. The smallest absolute Gasteiger partial charge is 0.197 e. The molecule has 1 heterocycles. The van der Waals surface area contributed by atoms with Gasteiger partial charge < -0.3 is 9.73 Å². The number of rotatable bonds is 3. The Morgan fingerprint density at radius 1 is 1.33 bits per heavy atom. The molecule has 1 aromatic rings. The van der Waals surface area contributed by atoms with Crippen molar-refractivity contribution in [1.82, 2.24) is 10.3 Å². The zero-order chi connectivity index (χ0) is 11.6. The van der Waals surface area contributed by atoms with Crippen LogP contribution in [0.25, 0.3) is 0 Å². The van der Waals surface area contributed by atoms with Gasteiger partial charge in [-0.25, -0.2) is 4.98 Å². The van der Waals surface area contributed by atoms with E-state index in [0.717, 1.165) is 23.9 Å². The Hall–Kier alpha value is -0.830. The van der Waals surface area contributed by atoms with Crippen molar-refractivity contribution >= 4 is 0 Å². The first-order valence-corrected chi connectivity index (χ1v) is 5.51. The topological polar surface area (TPSA) is 38.1 Å². The lowest BCUT2D eigenvalue weighted by molar-refractivity contribution is 0.423. The van der Waals surface area contributed by atoms with Gasteiger partial charge in [-0.05, 0) is 7.05 Å². The van der Waals surface area contributed by atoms with Crippen molar-refractivity contribution in [2.24, 2.45) is 0 Å². The molecule has 0 fully saturated rings. The molecule has 3 nitrogen and oxygen atoms in total. The quantitative estimate of drug-likeness (QED) is 0.833. The minimum atomic E-state index is 0.0445. The summed E-state index contributed by atoms with van der Waals surface area (Å²) >= 11 is 0. The molecule has 1 N–H and O–H groups in total. The van der Waals surface area contributed by atoms with Crippen LogP contribution in [0.3, 0.4) is 0 Å². The Morgan fingerprint density at radius 2 is 1.93 bits per heavy atom. The van der Waals surface area contributed by atoms with Gasteiger partial charge in [-0.3, -0.25) is 0 Å². The van der Waals surface area contributed by atoms with Crippen molar-refractivity contribution in [3.63, 3.8) is 0 Å². The zero-order valence-electron chi connectivity index (χ0n) is 10.6.